The van der Waals surface area contributed by atoms with Crippen LogP contribution in [0.3, 0.4) is 0 Å². The highest BCUT2D eigenvalue weighted by molar-refractivity contribution is 7.99. The smallest absolute Gasteiger partial charge is 0.140 e. The monoisotopic (exact) mass is 197 g/mol. The summed E-state index contributed by atoms with van der Waals surface area (Å²) in [6, 6.07) is 1.64. The Bertz CT molecular complexity index is 352. The predicted molar refractivity (Wildman–Crippen MR) is 53.5 cm³/mol. The third-order valence-corrected chi connectivity index (χ3v) is 3.08. The Morgan fingerprint density at radius 1 is 1.62 bits per heavy atom. The standard InChI is InChI=1S/C9H11NO2S/c1-5-4-6(11)7(10)9-8(5)12-2-3-13-9/h4,11H,2-3,10H2,1H3. The highest BCUT2D eigenvalue weighted by Crippen LogP contribution is 2.44. The van der Waals surface area contributed by atoms with Crippen LogP contribution in [0.4, 0.5) is 5.69 Å². The van der Waals surface area contributed by atoms with Gasteiger partial charge in [-0.3, -0.25) is 0 Å². The van der Waals surface area contributed by atoms with E-state index in [9.17, 15) is 5.11 Å². The molecule has 1 aromatic carbocycles. The zero-order chi connectivity index (χ0) is 9.42. The quantitative estimate of drug-likeness (QED) is 0.491. The van der Waals surface area contributed by atoms with Crippen LogP contribution in [0.1, 0.15) is 5.56 Å². The topological polar surface area (TPSA) is 55.5 Å². The van der Waals surface area contributed by atoms with E-state index >= 15 is 0 Å². The van der Waals surface area contributed by atoms with Gasteiger partial charge in [0, 0.05) is 5.75 Å². The summed E-state index contributed by atoms with van der Waals surface area (Å²) in [6.07, 6.45) is 0. The maximum atomic E-state index is 9.46. The third kappa shape index (κ3) is 1.31. The molecule has 1 aliphatic rings. The van der Waals surface area contributed by atoms with Gasteiger partial charge in [-0.15, -0.1) is 11.8 Å². The van der Waals surface area contributed by atoms with Crippen LogP contribution in [0.15, 0.2) is 11.0 Å². The first kappa shape index (κ1) is 8.56. The van der Waals surface area contributed by atoms with Crippen LogP contribution >= 0.6 is 11.8 Å². The molecule has 0 aliphatic carbocycles. The first-order chi connectivity index (χ1) is 6.20. The van der Waals surface area contributed by atoms with Gasteiger partial charge in [-0.05, 0) is 18.6 Å². The van der Waals surface area contributed by atoms with E-state index < -0.39 is 0 Å². The van der Waals surface area contributed by atoms with E-state index in [1.165, 1.54) is 0 Å². The molecular weight excluding hydrogens is 186 g/mol. The normalized spacial score (nSPS) is 14.8. The molecule has 1 heterocycles. The van der Waals surface area contributed by atoms with Crippen molar-refractivity contribution in [1.29, 1.82) is 0 Å². The summed E-state index contributed by atoms with van der Waals surface area (Å²) in [4.78, 5) is 0.878. The number of benzene rings is 1. The van der Waals surface area contributed by atoms with Crippen molar-refractivity contribution < 1.29 is 9.84 Å². The lowest BCUT2D eigenvalue weighted by molar-refractivity contribution is 0.327. The Balaban J connectivity index is 2.63. The van der Waals surface area contributed by atoms with Gasteiger partial charge in [0.05, 0.1) is 17.2 Å². The molecule has 0 radical (unpaired) electrons. The van der Waals surface area contributed by atoms with Gasteiger partial charge in [-0.25, -0.2) is 0 Å². The molecule has 3 N–H and O–H groups in total. The number of phenolic OH excluding ortho intramolecular Hbond substituents is 1. The summed E-state index contributed by atoms with van der Waals surface area (Å²) in [5.41, 5.74) is 7.10. The maximum absolute atomic E-state index is 9.46. The molecule has 0 aromatic heterocycles. The fourth-order valence-corrected chi connectivity index (χ4v) is 2.36. The number of rotatable bonds is 0. The second kappa shape index (κ2) is 3.03. The number of aryl methyl sites for hydroxylation is 1. The number of fused-ring (bicyclic) bond motifs is 1. The molecule has 13 heavy (non-hydrogen) atoms. The molecule has 0 unspecified atom stereocenters. The number of aromatic hydroxyl groups is 1. The lowest BCUT2D eigenvalue weighted by Gasteiger charge is -2.20. The largest absolute Gasteiger partial charge is 0.506 e. The fourth-order valence-electron chi connectivity index (χ4n) is 1.38. The van der Waals surface area contributed by atoms with Crippen LogP contribution in [-0.4, -0.2) is 17.5 Å². The van der Waals surface area contributed by atoms with E-state index in [4.69, 9.17) is 10.5 Å². The predicted octanol–water partition coefficient (Wildman–Crippen LogP) is 1.77. The SMILES string of the molecule is Cc1cc(O)c(N)c2c1OCCS2. The van der Waals surface area contributed by atoms with E-state index in [2.05, 4.69) is 0 Å². The number of thioether (sulfide) groups is 1. The Morgan fingerprint density at radius 3 is 3.15 bits per heavy atom. The number of nitrogen functional groups attached to an aromatic ring is 1. The maximum Gasteiger partial charge on any atom is 0.140 e. The van der Waals surface area contributed by atoms with Crippen LogP contribution < -0.4 is 10.5 Å². The van der Waals surface area contributed by atoms with Crippen molar-refractivity contribution >= 4 is 17.4 Å². The van der Waals surface area contributed by atoms with Crippen molar-refractivity contribution in [1.82, 2.24) is 0 Å². The van der Waals surface area contributed by atoms with Crippen LogP contribution in [-0.2, 0) is 0 Å². The molecule has 0 spiro atoms. The lowest BCUT2D eigenvalue weighted by atomic mass is 10.2. The highest BCUT2D eigenvalue weighted by atomic mass is 32.2. The summed E-state index contributed by atoms with van der Waals surface area (Å²) in [5, 5.41) is 9.46. The summed E-state index contributed by atoms with van der Waals surface area (Å²) in [6.45, 7) is 2.62. The molecule has 0 amide bonds. The van der Waals surface area contributed by atoms with E-state index in [1.807, 2.05) is 6.92 Å². The average molecular weight is 197 g/mol. The van der Waals surface area contributed by atoms with Crippen molar-refractivity contribution in [2.24, 2.45) is 0 Å². The van der Waals surface area contributed by atoms with Gasteiger partial charge in [-0.2, -0.15) is 0 Å². The van der Waals surface area contributed by atoms with E-state index in [0.29, 0.717) is 12.3 Å². The van der Waals surface area contributed by atoms with Gasteiger partial charge in [0.2, 0.25) is 0 Å². The molecule has 0 fully saturated rings. The van der Waals surface area contributed by atoms with Crippen molar-refractivity contribution in [2.45, 2.75) is 11.8 Å². The molecule has 0 saturated carbocycles. The van der Waals surface area contributed by atoms with Crippen molar-refractivity contribution in [2.75, 3.05) is 18.1 Å². The minimum absolute atomic E-state index is 0.147. The summed E-state index contributed by atoms with van der Waals surface area (Å²) in [5.74, 6) is 1.86. The second-order valence-corrected chi connectivity index (χ2v) is 4.09. The van der Waals surface area contributed by atoms with Crippen molar-refractivity contribution in [3.8, 4) is 11.5 Å². The molecule has 0 saturated heterocycles. The summed E-state index contributed by atoms with van der Waals surface area (Å²) in [7, 11) is 0. The zero-order valence-corrected chi connectivity index (χ0v) is 8.15. The fraction of sp³-hybridized carbons (Fsp3) is 0.333. The van der Waals surface area contributed by atoms with E-state index in [0.717, 1.165) is 22.0 Å². The molecule has 2 rings (SSSR count). The summed E-state index contributed by atoms with van der Waals surface area (Å²) < 4.78 is 5.48. The Morgan fingerprint density at radius 2 is 2.38 bits per heavy atom. The van der Waals surface area contributed by atoms with Gasteiger partial charge in [0.1, 0.15) is 11.5 Å². The van der Waals surface area contributed by atoms with Crippen LogP contribution in [0, 0.1) is 6.92 Å². The van der Waals surface area contributed by atoms with Gasteiger partial charge >= 0.3 is 0 Å². The molecule has 0 atom stereocenters. The first-order valence-corrected chi connectivity index (χ1v) is 5.06. The Hall–Kier alpha value is -1.03. The minimum atomic E-state index is 0.147. The third-order valence-electron chi connectivity index (χ3n) is 2.01. The molecule has 1 aromatic rings. The number of hydrogen-bond donors (Lipinski definition) is 2. The van der Waals surface area contributed by atoms with Gasteiger partial charge in [0.25, 0.3) is 0 Å². The van der Waals surface area contributed by atoms with Crippen molar-refractivity contribution in [3.63, 3.8) is 0 Å². The van der Waals surface area contributed by atoms with E-state index in [1.54, 1.807) is 17.8 Å². The van der Waals surface area contributed by atoms with Crippen LogP contribution in [0.25, 0.3) is 0 Å². The average Bonchev–Trinajstić information content (AvgIpc) is 2.15. The highest BCUT2D eigenvalue weighted by Gasteiger charge is 2.18. The van der Waals surface area contributed by atoms with E-state index in [-0.39, 0.29) is 5.75 Å². The Kier molecular flexibility index (Phi) is 2.00. The zero-order valence-electron chi connectivity index (χ0n) is 7.33. The van der Waals surface area contributed by atoms with Gasteiger partial charge in [0.15, 0.2) is 0 Å². The minimum Gasteiger partial charge on any atom is -0.506 e. The molecule has 4 heteroatoms. The number of phenols is 1. The molecular formula is C9H11NO2S. The van der Waals surface area contributed by atoms with Crippen LogP contribution in [0.5, 0.6) is 11.5 Å². The molecule has 3 nitrogen and oxygen atoms in total. The van der Waals surface area contributed by atoms with Gasteiger partial charge < -0.3 is 15.6 Å². The molecule has 1 aliphatic heterocycles. The van der Waals surface area contributed by atoms with Crippen molar-refractivity contribution in [3.05, 3.63) is 11.6 Å². The Labute approximate surface area is 80.9 Å². The number of nitrogens with two attached hydrogens (primary N) is 1. The number of hydrogen-bond acceptors (Lipinski definition) is 4. The number of ether oxygens (including phenoxy) is 1. The number of anilines is 1. The summed E-state index contributed by atoms with van der Waals surface area (Å²) >= 11 is 1.63. The first-order valence-electron chi connectivity index (χ1n) is 4.08. The van der Waals surface area contributed by atoms with Gasteiger partial charge in [-0.1, -0.05) is 0 Å². The van der Waals surface area contributed by atoms with Crippen LogP contribution in [0.2, 0.25) is 0 Å². The molecule has 0 bridgehead atoms. The lowest BCUT2D eigenvalue weighted by Crippen LogP contribution is -2.09. The second-order valence-electron chi connectivity index (χ2n) is 2.98. The molecule has 70 valence electrons.